The van der Waals surface area contributed by atoms with Gasteiger partial charge in [0.15, 0.2) is 0 Å². The average Bonchev–Trinajstić information content (AvgIpc) is 2.98. The number of nitrogens with zero attached hydrogens (tertiary/aromatic N) is 2. The summed E-state index contributed by atoms with van der Waals surface area (Å²) in [7, 11) is 0. The van der Waals surface area contributed by atoms with Crippen molar-refractivity contribution in [2.45, 2.75) is 50.6 Å². The third kappa shape index (κ3) is 3.28. The first kappa shape index (κ1) is 17.3. The predicted molar refractivity (Wildman–Crippen MR) is 95.7 cm³/mol. The Morgan fingerprint density at radius 2 is 1.88 bits per heavy atom. The van der Waals surface area contributed by atoms with Gasteiger partial charge in [-0.1, -0.05) is 25.3 Å². The van der Waals surface area contributed by atoms with Gasteiger partial charge >= 0.3 is 6.03 Å². The average molecular weight is 360 g/mol. The molecule has 4 rings (SSSR count). The van der Waals surface area contributed by atoms with E-state index in [2.05, 4.69) is 10.7 Å². The summed E-state index contributed by atoms with van der Waals surface area (Å²) in [5, 5.41) is 4.35. The van der Waals surface area contributed by atoms with E-state index in [0.717, 1.165) is 25.7 Å². The van der Waals surface area contributed by atoms with E-state index in [1.807, 2.05) is 4.90 Å². The second-order valence-corrected chi connectivity index (χ2v) is 7.60. The maximum Gasteiger partial charge on any atom is 0.338 e. The summed E-state index contributed by atoms with van der Waals surface area (Å²) in [5.41, 5.74) is 3.12. The number of halogens is 1. The molecule has 1 aromatic rings. The summed E-state index contributed by atoms with van der Waals surface area (Å²) in [6, 6.07) is 5.66. The number of likely N-dealkylation sites (tertiary alicyclic amines) is 1. The van der Waals surface area contributed by atoms with E-state index >= 15 is 0 Å². The Bertz CT molecular complexity index is 697. The molecular weight excluding hydrogens is 335 g/mol. The van der Waals surface area contributed by atoms with Crippen molar-refractivity contribution in [1.82, 2.24) is 15.6 Å². The summed E-state index contributed by atoms with van der Waals surface area (Å²) in [6.07, 6.45) is 6.82. The first-order valence-corrected chi connectivity index (χ1v) is 9.51. The zero-order valence-electron chi connectivity index (χ0n) is 14.8. The number of rotatable bonds is 2. The molecule has 1 spiro atoms. The molecule has 2 heterocycles. The number of nitrogens with one attached hydrogen (secondary N) is 2. The molecular formula is C19H25FN4O2. The zero-order valence-corrected chi connectivity index (χ0v) is 14.8. The molecule has 3 aliphatic rings. The fourth-order valence-corrected chi connectivity index (χ4v) is 4.30. The number of piperidine rings is 1. The van der Waals surface area contributed by atoms with Crippen LogP contribution in [0.25, 0.3) is 0 Å². The summed E-state index contributed by atoms with van der Waals surface area (Å²) < 4.78 is 13.5. The quantitative estimate of drug-likeness (QED) is 0.852. The number of carbonyl (C=O) groups excluding carboxylic acids is 2. The van der Waals surface area contributed by atoms with Crippen molar-refractivity contribution < 1.29 is 14.0 Å². The Kier molecular flexibility index (Phi) is 4.56. The molecule has 0 bridgehead atoms. The van der Waals surface area contributed by atoms with Gasteiger partial charge in [-0.3, -0.25) is 4.79 Å². The summed E-state index contributed by atoms with van der Waals surface area (Å²) in [4.78, 5) is 27.0. The Labute approximate surface area is 152 Å². The van der Waals surface area contributed by atoms with Gasteiger partial charge in [0.25, 0.3) is 0 Å². The first-order valence-electron chi connectivity index (χ1n) is 9.51. The minimum Gasteiger partial charge on any atom is -0.342 e. The van der Waals surface area contributed by atoms with Crippen LogP contribution >= 0.6 is 0 Å². The molecule has 26 heavy (non-hydrogen) atoms. The van der Waals surface area contributed by atoms with Gasteiger partial charge < -0.3 is 10.2 Å². The highest BCUT2D eigenvalue weighted by atomic mass is 19.1. The lowest BCUT2D eigenvalue weighted by molar-refractivity contribution is -0.138. The molecule has 3 amide bonds. The molecule has 7 heteroatoms. The molecule has 2 N–H and O–H groups in total. The lowest BCUT2D eigenvalue weighted by Gasteiger charge is -2.40. The van der Waals surface area contributed by atoms with Gasteiger partial charge in [-0.05, 0) is 31.0 Å². The Hall–Kier alpha value is -2.15. The number of hydrogen-bond acceptors (Lipinski definition) is 3. The maximum atomic E-state index is 13.5. The van der Waals surface area contributed by atoms with Crippen molar-refractivity contribution in [2.24, 2.45) is 5.92 Å². The van der Waals surface area contributed by atoms with Crippen molar-refractivity contribution in [3.63, 3.8) is 0 Å². The van der Waals surface area contributed by atoms with E-state index in [9.17, 15) is 14.0 Å². The first-order chi connectivity index (χ1) is 12.6. The van der Waals surface area contributed by atoms with Crippen LogP contribution in [-0.2, 0) is 4.79 Å². The van der Waals surface area contributed by atoms with Crippen LogP contribution in [0.15, 0.2) is 24.3 Å². The Balaban J connectivity index is 1.39. The fourth-order valence-electron chi connectivity index (χ4n) is 4.30. The zero-order chi connectivity index (χ0) is 18.1. The summed E-state index contributed by atoms with van der Waals surface area (Å²) in [6.45, 7) is 1.25. The molecule has 6 nitrogen and oxygen atoms in total. The van der Waals surface area contributed by atoms with Crippen LogP contribution in [0.2, 0.25) is 0 Å². The Morgan fingerprint density at radius 3 is 2.58 bits per heavy atom. The molecule has 0 atom stereocenters. The molecule has 1 saturated carbocycles. The predicted octanol–water partition coefficient (Wildman–Crippen LogP) is 2.76. The van der Waals surface area contributed by atoms with Crippen LogP contribution < -0.4 is 15.8 Å². The van der Waals surface area contributed by atoms with Gasteiger partial charge in [-0.25, -0.2) is 19.6 Å². The number of carbonyl (C=O) groups is 2. The van der Waals surface area contributed by atoms with E-state index in [-0.39, 0.29) is 23.7 Å². The SMILES string of the molecule is O=C(C1CCCCC1)N1CCC2(CC1)NC(=O)N(c1cccc(F)c1)N2. The molecule has 0 radical (unpaired) electrons. The third-order valence-electron chi connectivity index (χ3n) is 5.82. The topological polar surface area (TPSA) is 64.7 Å². The molecule has 140 valence electrons. The van der Waals surface area contributed by atoms with E-state index in [1.165, 1.54) is 23.6 Å². The molecule has 2 aliphatic heterocycles. The minimum absolute atomic E-state index is 0.174. The van der Waals surface area contributed by atoms with Gasteiger partial charge in [0, 0.05) is 31.8 Å². The second-order valence-electron chi connectivity index (χ2n) is 7.60. The van der Waals surface area contributed by atoms with Crippen LogP contribution in [-0.4, -0.2) is 35.6 Å². The largest absolute Gasteiger partial charge is 0.342 e. The van der Waals surface area contributed by atoms with Crippen LogP contribution in [0.1, 0.15) is 44.9 Å². The van der Waals surface area contributed by atoms with Crippen molar-refractivity contribution in [2.75, 3.05) is 18.1 Å². The summed E-state index contributed by atoms with van der Waals surface area (Å²) >= 11 is 0. The van der Waals surface area contributed by atoms with Crippen molar-refractivity contribution in [3.8, 4) is 0 Å². The van der Waals surface area contributed by atoms with E-state index < -0.39 is 5.66 Å². The second kappa shape index (κ2) is 6.87. The molecule has 2 saturated heterocycles. The van der Waals surface area contributed by atoms with Gasteiger partial charge in [0.05, 0.1) is 5.69 Å². The number of anilines is 1. The number of urea groups is 1. The number of amides is 3. The smallest absolute Gasteiger partial charge is 0.338 e. The standard InChI is InChI=1S/C19H25FN4O2/c20-15-7-4-8-16(13-15)24-18(26)21-19(22-24)9-11-23(12-10-19)17(25)14-5-2-1-3-6-14/h4,7-8,13-14,22H,1-3,5-6,9-12H2,(H,21,26). The van der Waals surface area contributed by atoms with Crippen molar-refractivity contribution in [3.05, 3.63) is 30.1 Å². The lowest BCUT2D eigenvalue weighted by Crippen LogP contribution is -2.59. The van der Waals surface area contributed by atoms with Gasteiger partial charge in [-0.15, -0.1) is 0 Å². The third-order valence-corrected chi connectivity index (χ3v) is 5.82. The highest BCUT2D eigenvalue weighted by Gasteiger charge is 2.45. The fraction of sp³-hybridized carbons (Fsp3) is 0.579. The van der Waals surface area contributed by atoms with E-state index in [1.54, 1.807) is 12.1 Å². The van der Waals surface area contributed by atoms with Crippen LogP contribution in [0.4, 0.5) is 14.9 Å². The molecule has 1 aromatic carbocycles. The Morgan fingerprint density at radius 1 is 1.15 bits per heavy atom. The number of hydrogen-bond donors (Lipinski definition) is 2. The molecule has 1 aliphatic carbocycles. The monoisotopic (exact) mass is 360 g/mol. The van der Waals surface area contributed by atoms with E-state index in [0.29, 0.717) is 31.6 Å². The highest BCUT2D eigenvalue weighted by molar-refractivity contribution is 5.93. The maximum absolute atomic E-state index is 13.5. The highest BCUT2D eigenvalue weighted by Crippen LogP contribution is 2.30. The van der Waals surface area contributed by atoms with Gasteiger partial charge in [0.2, 0.25) is 5.91 Å². The number of hydrazine groups is 1. The summed E-state index contributed by atoms with van der Waals surface area (Å²) in [5.74, 6) is 0.0597. The van der Waals surface area contributed by atoms with Crippen LogP contribution in [0.5, 0.6) is 0 Å². The van der Waals surface area contributed by atoms with Gasteiger partial charge in [0.1, 0.15) is 11.5 Å². The van der Waals surface area contributed by atoms with Crippen LogP contribution in [0, 0.1) is 11.7 Å². The van der Waals surface area contributed by atoms with Crippen molar-refractivity contribution in [1.29, 1.82) is 0 Å². The number of benzene rings is 1. The molecule has 3 fully saturated rings. The van der Waals surface area contributed by atoms with Crippen molar-refractivity contribution >= 4 is 17.6 Å². The normalized spacial score (nSPS) is 23.3. The lowest BCUT2D eigenvalue weighted by atomic mass is 9.87. The van der Waals surface area contributed by atoms with Gasteiger partial charge in [-0.2, -0.15) is 0 Å². The molecule has 0 unspecified atom stereocenters. The van der Waals surface area contributed by atoms with E-state index in [4.69, 9.17) is 0 Å². The molecule has 0 aromatic heterocycles. The minimum atomic E-state index is -0.563. The van der Waals surface area contributed by atoms with Crippen LogP contribution in [0.3, 0.4) is 0 Å².